The molecule has 0 fully saturated rings. The molecule has 0 radical (unpaired) electrons. The van der Waals surface area contributed by atoms with Crippen molar-refractivity contribution in [2.45, 2.75) is 26.2 Å². The van der Waals surface area contributed by atoms with Gasteiger partial charge in [-0.2, -0.15) is 0 Å². The smallest absolute Gasteiger partial charge is 0.251 e. The number of amides is 2. The van der Waals surface area contributed by atoms with Crippen molar-refractivity contribution in [3.8, 4) is 0 Å². The van der Waals surface area contributed by atoms with E-state index in [1.54, 1.807) is 12.1 Å². The van der Waals surface area contributed by atoms with E-state index in [4.69, 9.17) is 0 Å². The molecule has 2 rings (SSSR count). The van der Waals surface area contributed by atoms with Crippen molar-refractivity contribution < 1.29 is 9.59 Å². The lowest BCUT2D eigenvalue weighted by atomic mass is 9.84. The van der Waals surface area contributed by atoms with E-state index in [2.05, 4.69) is 40.4 Å². The summed E-state index contributed by atoms with van der Waals surface area (Å²) in [4.78, 5) is 24.1. The van der Waals surface area contributed by atoms with E-state index in [1.165, 1.54) is 0 Å². The average Bonchev–Trinajstić information content (AvgIpc) is 2.59. The number of halogens is 1. The fourth-order valence-electron chi connectivity index (χ4n) is 2.35. The third-order valence-corrected chi connectivity index (χ3v) is 4.61. The fourth-order valence-corrected chi connectivity index (χ4v) is 2.62. The summed E-state index contributed by atoms with van der Waals surface area (Å²) in [6.45, 7) is 6.56. The van der Waals surface area contributed by atoms with E-state index in [9.17, 15) is 9.59 Å². The van der Waals surface area contributed by atoms with E-state index in [0.29, 0.717) is 12.1 Å². The third kappa shape index (κ3) is 5.71. The summed E-state index contributed by atoms with van der Waals surface area (Å²) in [5, 5.41) is 5.53. The Bertz CT molecular complexity index is 737. The Kier molecular flexibility index (Phi) is 6.37. The topological polar surface area (TPSA) is 58.2 Å². The molecular formula is C20H23BrN2O2. The van der Waals surface area contributed by atoms with Crippen LogP contribution in [0, 0.1) is 6.92 Å². The summed E-state index contributed by atoms with van der Waals surface area (Å²) in [5.41, 5.74) is 2.58. The van der Waals surface area contributed by atoms with Gasteiger partial charge in [-0.05, 0) is 36.8 Å². The number of carbonyl (C=O) groups is 2. The standard InChI is InChI=1S/C20H23BrN2O2/c1-14-4-6-15(7-5-14)19(25)22-12-18(24)23-13-20(2,3)16-8-10-17(21)11-9-16/h4-11H,12-13H2,1-3H3,(H,22,25)(H,23,24). The van der Waals surface area contributed by atoms with Gasteiger partial charge in [-0.1, -0.05) is 59.6 Å². The molecule has 0 aliphatic heterocycles. The summed E-state index contributed by atoms with van der Waals surface area (Å²) < 4.78 is 1.02. The monoisotopic (exact) mass is 402 g/mol. The maximum absolute atomic E-state index is 12.0. The Balaban J connectivity index is 1.82. The summed E-state index contributed by atoms with van der Waals surface area (Å²) in [6.07, 6.45) is 0. The first-order chi connectivity index (χ1) is 11.8. The van der Waals surface area contributed by atoms with E-state index in [-0.39, 0.29) is 23.8 Å². The van der Waals surface area contributed by atoms with Gasteiger partial charge in [-0.15, -0.1) is 0 Å². The number of hydrogen-bond acceptors (Lipinski definition) is 2. The molecule has 0 aliphatic carbocycles. The third-order valence-electron chi connectivity index (χ3n) is 4.08. The fraction of sp³-hybridized carbons (Fsp3) is 0.300. The lowest BCUT2D eigenvalue weighted by Gasteiger charge is -2.25. The number of rotatable bonds is 6. The van der Waals surface area contributed by atoms with Crippen molar-refractivity contribution in [3.63, 3.8) is 0 Å². The number of carbonyl (C=O) groups excluding carboxylic acids is 2. The number of aryl methyl sites for hydroxylation is 1. The quantitative estimate of drug-likeness (QED) is 0.775. The molecule has 132 valence electrons. The Morgan fingerprint density at radius 2 is 1.56 bits per heavy atom. The van der Waals surface area contributed by atoms with Gasteiger partial charge in [-0.3, -0.25) is 9.59 Å². The van der Waals surface area contributed by atoms with E-state index in [0.717, 1.165) is 15.6 Å². The summed E-state index contributed by atoms with van der Waals surface area (Å²) in [6, 6.07) is 15.3. The van der Waals surface area contributed by atoms with Crippen molar-refractivity contribution in [3.05, 3.63) is 69.7 Å². The predicted octanol–water partition coefficient (Wildman–Crippen LogP) is 3.58. The molecule has 2 aromatic carbocycles. The molecule has 2 aromatic rings. The molecule has 0 saturated heterocycles. The summed E-state index contributed by atoms with van der Waals surface area (Å²) in [7, 11) is 0. The second-order valence-electron chi connectivity index (χ2n) is 6.72. The minimum Gasteiger partial charge on any atom is -0.354 e. The Hall–Kier alpha value is -2.14. The van der Waals surface area contributed by atoms with Gasteiger partial charge >= 0.3 is 0 Å². The van der Waals surface area contributed by atoms with Crippen LogP contribution in [0.3, 0.4) is 0 Å². The molecule has 25 heavy (non-hydrogen) atoms. The molecule has 0 aromatic heterocycles. The predicted molar refractivity (Wildman–Crippen MR) is 104 cm³/mol. The zero-order valence-electron chi connectivity index (χ0n) is 14.7. The molecule has 0 saturated carbocycles. The Morgan fingerprint density at radius 1 is 0.960 bits per heavy atom. The summed E-state index contributed by atoms with van der Waals surface area (Å²) in [5.74, 6) is -0.451. The molecule has 4 nitrogen and oxygen atoms in total. The average molecular weight is 403 g/mol. The van der Waals surface area contributed by atoms with Crippen molar-refractivity contribution in [1.82, 2.24) is 10.6 Å². The highest BCUT2D eigenvalue weighted by Crippen LogP contribution is 2.23. The van der Waals surface area contributed by atoms with Gasteiger partial charge in [0.25, 0.3) is 5.91 Å². The van der Waals surface area contributed by atoms with Crippen molar-refractivity contribution in [2.75, 3.05) is 13.1 Å². The molecule has 2 amide bonds. The van der Waals surface area contributed by atoms with Crippen LogP contribution in [0.5, 0.6) is 0 Å². The van der Waals surface area contributed by atoms with Crippen molar-refractivity contribution in [1.29, 1.82) is 0 Å². The second-order valence-corrected chi connectivity index (χ2v) is 7.63. The van der Waals surface area contributed by atoms with Gasteiger partial charge in [0.1, 0.15) is 0 Å². The molecular weight excluding hydrogens is 380 g/mol. The summed E-state index contributed by atoms with van der Waals surface area (Å²) >= 11 is 3.42. The molecule has 0 atom stereocenters. The van der Waals surface area contributed by atoms with Crippen LogP contribution in [0.4, 0.5) is 0 Å². The molecule has 5 heteroatoms. The first kappa shape index (κ1) is 19.2. The first-order valence-electron chi connectivity index (χ1n) is 8.15. The zero-order valence-corrected chi connectivity index (χ0v) is 16.3. The largest absolute Gasteiger partial charge is 0.354 e. The molecule has 0 heterocycles. The van der Waals surface area contributed by atoms with Gasteiger partial charge in [0, 0.05) is 22.0 Å². The molecule has 2 N–H and O–H groups in total. The van der Waals surface area contributed by atoms with Crippen LogP contribution in [0.1, 0.15) is 35.3 Å². The highest BCUT2D eigenvalue weighted by molar-refractivity contribution is 9.10. The number of nitrogens with one attached hydrogen (secondary N) is 2. The van der Waals surface area contributed by atoms with Crippen LogP contribution in [0.2, 0.25) is 0 Å². The van der Waals surface area contributed by atoms with Crippen LogP contribution < -0.4 is 10.6 Å². The lowest BCUT2D eigenvalue weighted by molar-refractivity contribution is -0.120. The van der Waals surface area contributed by atoms with Crippen LogP contribution >= 0.6 is 15.9 Å². The Labute approximate surface area is 157 Å². The molecule has 0 aliphatic rings. The van der Waals surface area contributed by atoms with E-state index in [1.807, 2.05) is 43.3 Å². The normalized spacial score (nSPS) is 11.0. The highest BCUT2D eigenvalue weighted by atomic mass is 79.9. The van der Waals surface area contributed by atoms with Gasteiger partial charge in [0.05, 0.1) is 6.54 Å². The lowest BCUT2D eigenvalue weighted by Crippen LogP contribution is -2.42. The molecule has 0 bridgehead atoms. The van der Waals surface area contributed by atoms with Crippen molar-refractivity contribution in [2.24, 2.45) is 0 Å². The van der Waals surface area contributed by atoms with Crippen LogP contribution in [0.25, 0.3) is 0 Å². The maximum Gasteiger partial charge on any atom is 0.251 e. The highest BCUT2D eigenvalue weighted by Gasteiger charge is 2.21. The van der Waals surface area contributed by atoms with Crippen LogP contribution in [0.15, 0.2) is 53.0 Å². The first-order valence-corrected chi connectivity index (χ1v) is 8.95. The van der Waals surface area contributed by atoms with Gasteiger partial charge in [0.15, 0.2) is 0 Å². The van der Waals surface area contributed by atoms with Crippen LogP contribution in [-0.4, -0.2) is 24.9 Å². The number of benzene rings is 2. The van der Waals surface area contributed by atoms with Gasteiger partial charge in [0.2, 0.25) is 5.91 Å². The number of hydrogen-bond donors (Lipinski definition) is 2. The van der Waals surface area contributed by atoms with Crippen molar-refractivity contribution >= 4 is 27.7 Å². The molecule has 0 unspecified atom stereocenters. The zero-order chi connectivity index (χ0) is 18.4. The molecule has 0 spiro atoms. The van der Waals surface area contributed by atoms with Gasteiger partial charge in [-0.25, -0.2) is 0 Å². The Morgan fingerprint density at radius 3 is 2.16 bits per heavy atom. The maximum atomic E-state index is 12.0. The van der Waals surface area contributed by atoms with E-state index < -0.39 is 0 Å². The minimum atomic E-state index is -0.248. The van der Waals surface area contributed by atoms with E-state index >= 15 is 0 Å². The van der Waals surface area contributed by atoms with Gasteiger partial charge < -0.3 is 10.6 Å². The second kappa shape index (κ2) is 8.30. The SMILES string of the molecule is Cc1ccc(C(=O)NCC(=O)NCC(C)(C)c2ccc(Br)cc2)cc1. The minimum absolute atomic E-state index is 0.0386. The van der Waals surface area contributed by atoms with Crippen LogP contribution in [-0.2, 0) is 10.2 Å².